The van der Waals surface area contributed by atoms with E-state index in [1.165, 1.54) is 17.7 Å². The van der Waals surface area contributed by atoms with E-state index < -0.39 is 0 Å². The van der Waals surface area contributed by atoms with Crippen LogP contribution >= 0.6 is 34.5 Å². The highest BCUT2D eigenvalue weighted by atomic mass is 35.5. The lowest BCUT2D eigenvalue weighted by Crippen LogP contribution is -1.98. The van der Waals surface area contributed by atoms with Gasteiger partial charge in [0.1, 0.15) is 0 Å². The van der Waals surface area contributed by atoms with Crippen molar-refractivity contribution in [1.29, 1.82) is 0 Å². The normalized spacial score (nSPS) is 28.2. The van der Waals surface area contributed by atoms with Crippen LogP contribution in [-0.2, 0) is 6.42 Å². The summed E-state index contributed by atoms with van der Waals surface area (Å²) in [6.45, 7) is 0. The Morgan fingerprint density at radius 2 is 2.31 bits per heavy atom. The second kappa shape index (κ2) is 4.20. The number of hydrogen-bond donors (Lipinski definition) is 0. The first-order valence-electron chi connectivity index (χ1n) is 4.61. The molecule has 0 N–H and O–H groups in total. The Balaban J connectivity index is 1.95. The lowest BCUT2D eigenvalue weighted by Gasteiger charge is -2.06. The zero-order chi connectivity index (χ0) is 9.26. The van der Waals surface area contributed by atoms with Gasteiger partial charge in [0.05, 0.1) is 5.02 Å². The Bertz CT molecular complexity index is 282. The molecule has 1 fully saturated rings. The molecular formula is C10H12Cl2S. The van der Waals surface area contributed by atoms with Crippen LogP contribution in [0.5, 0.6) is 0 Å². The maximum Gasteiger partial charge on any atom is 0.0545 e. The second-order valence-corrected chi connectivity index (χ2v) is 5.70. The Kier molecular flexibility index (Phi) is 3.18. The third kappa shape index (κ3) is 2.39. The molecule has 0 radical (unpaired) electrons. The van der Waals surface area contributed by atoms with Crippen molar-refractivity contribution in [2.75, 3.05) is 0 Å². The molecule has 0 aliphatic heterocycles. The van der Waals surface area contributed by atoms with Crippen molar-refractivity contribution in [2.24, 2.45) is 5.92 Å². The van der Waals surface area contributed by atoms with Gasteiger partial charge < -0.3 is 0 Å². The van der Waals surface area contributed by atoms with Crippen LogP contribution in [0.15, 0.2) is 11.4 Å². The average molecular weight is 235 g/mol. The minimum atomic E-state index is 0.406. The average Bonchev–Trinajstić information content (AvgIpc) is 2.64. The lowest BCUT2D eigenvalue weighted by atomic mass is 10.0. The van der Waals surface area contributed by atoms with E-state index in [2.05, 4.69) is 5.38 Å². The van der Waals surface area contributed by atoms with Crippen LogP contribution in [0.25, 0.3) is 0 Å². The highest BCUT2D eigenvalue weighted by Crippen LogP contribution is 2.34. The summed E-state index contributed by atoms with van der Waals surface area (Å²) in [6.07, 6.45) is 4.73. The Labute approximate surface area is 92.9 Å². The molecule has 0 aromatic carbocycles. The van der Waals surface area contributed by atoms with E-state index in [-0.39, 0.29) is 0 Å². The standard InChI is InChI=1S/C10H12Cl2S/c11-8-2-1-7(5-8)6-10-9(12)3-4-13-10/h3-4,7-8H,1-2,5-6H2. The molecular weight excluding hydrogens is 223 g/mol. The molecule has 2 rings (SSSR count). The molecule has 1 aliphatic rings. The molecule has 1 heterocycles. The van der Waals surface area contributed by atoms with E-state index in [9.17, 15) is 0 Å². The van der Waals surface area contributed by atoms with Crippen LogP contribution in [0.2, 0.25) is 5.02 Å². The fourth-order valence-corrected chi connectivity index (χ4v) is 3.54. The summed E-state index contributed by atoms with van der Waals surface area (Å²) >= 11 is 13.9. The van der Waals surface area contributed by atoms with Gasteiger partial charge in [-0.1, -0.05) is 11.6 Å². The SMILES string of the molecule is Clc1ccsc1CC1CCC(Cl)C1. The summed E-state index contributed by atoms with van der Waals surface area (Å²) in [6, 6.07) is 1.98. The Morgan fingerprint density at radius 3 is 2.85 bits per heavy atom. The quantitative estimate of drug-likeness (QED) is 0.668. The Morgan fingerprint density at radius 1 is 1.46 bits per heavy atom. The zero-order valence-corrected chi connectivity index (χ0v) is 9.63. The van der Waals surface area contributed by atoms with Crippen LogP contribution in [0, 0.1) is 5.92 Å². The highest BCUT2D eigenvalue weighted by molar-refractivity contribution is 7.10. The molecule has 0 amide bonds. The summed E-state index contributed by atoms with van der Waals surface area (Å²) < 4.78 is 0. The predicted octanol–water partition coefficient (Wildman–Crippen LogP) is 4.35. The minimum absolute atomic E-state index is 0.406. The van der Waals surface area contributed by atoms with Crippen LogP contribution < -0.4 is 0 Å². The molecule has 2 unspecified atom stereocenters. The minimum Gasteiger partial charge on any atom is -0.147 e. The lowest BCUT2D eigenvalue weighted by molar-refractivity contribution is 0.552. The van der Waals surface area contributed by atoms with Crippen LogP contribution in [0.4, 0.5) is 0 Å². The van der Waals surface area contributed by atoms with Gasteiger partial charge in [0.25, 0.3) is 0 Å². The summed E-state index contributed by atoms with van der Waals surface area (Å²) in [5.74, 6) is 0.763. The van der Waals surface area contributed by atoms with Gasteiger partial charge in [-0.3, -0.25) is 0 Å². The second-order valence-electron chi connectivity index (χ2n) is 3.67. The third-order valence-corrected chi connectivity index (χ3v) is 4.45. The first-order chi connectivity index (χ1) is 6.25. The van der Waals surface area contributed by atoms with Gasteiger partial charge in [0.15, 0.2) is 0 Å². The maximum absolute atomic E-state index is 6.06. The van der Waals surface area contributed by atoms with Gasteiger partial charge in [0, 0.05) is 10.3 Å². The van der Waals surface area contributed by atoms with Crippen molar-refractivity contribution in [3.05, 3.63) is 21.3 Å². The fraction of sp³-hybridized carbons (Fsp3) is 0.600. The summed E-state index contributed by atoms with van der Waals surface area (Å²) in [5.41, 5.74) is 0. The number of hydrogen-bond acceptors (Lipinski definition) is 1. The topological polar surface area (TPSA) is 0 Å². The molecule has 1 aromatic heterocycles. The molecule has 13 heavy (non-hydrogen) atoms. The molecule has 72 valence electrons. The molecule has 1 saturated carbocycles. The molecule has 1 aliphatic carbocycles. The van der Waals surface area contributed by atoms with Crippen molar-refractivity contribution in [1.82, 2.24) is 0 Å². The monoisotopic (exact) mass is 234 g/mol. The summed E-state index contributed by atoms with van der Waals surface area (Å²) in [4.78, 5) is 1.33. The fourth-order valence-electron chi connectivity index (χ4n) is 1.93. The first kappa shape index (κ1) is 9.82. The number of halogens is 2. The van der Waals surface area contributed by atoms with Crippen molar-refractivity contribution >= 4 is 34.5 Å². The first-order valence-corrected chi connectivity index (χ1v) is 6.31. The van der Waals surface area contributed by atoms with Crippen LogP contribution in [0.1, 0.15) is 24.1 Å². The van der Waals surface area contributed by atoms with Crippen molar-refractivity contribution in [2.45, 2.75) is 31.1 Å². The van der Waals surface area contributed by atoms with E-state index in [0.717, 1.165) is 23.8 Å². The maximum atomic E-state index is 6.06. The summed E-state index contributed by atoms with van der Waals surface area (Å²) in [5, 5.41) is 3.40. The van der Waals surface area contributed by atoms with E-state index in [4.69, 9.17) is 23.2 Å². The molecule has 1 aromatic rings. The Hall–Kier alpha value is 0.280. The van der Waals surface area contributed by atoms with Gasteiger partial charge in [-0.25, -0.2) is 0 Å². The van der Waals surface area contributed by atoms with Crippen molar-refractivity contribution in [3.63, 3.8) is 0 Å². The van der Waals surface area contributed by atoms with E-state index >= 15 is 0 Å². The molecule has 0 nitrogen and oxygen atoms in total. The number of alkyl halides is 1. The molecule has 0 bridgehead atoms. The number of thiophene rings is 1. The van der Waals surface area contributed by atoms with Gasteiger partial charge >= 0.3 is 0 Å². The molecule has 0 spiro atoms. The van der Waals surface area contributed by atoms with Gasteiger partial charge in [-0.05, 0) is 43.0 Å². The van der Waals surface area contributed by atoms with Crippen LogP contribution in [-0.4, -0.2) is 5.38 Å². The van der Waals surface area contributed by atoms with E-state index in [1.54, 1.807) is 11.3 Å². The number of rotatable bonds is 2. The molecule has 0 saturated heterocycles. The van der Waals surface area contributed by atoms with E-state index in [0.29, 0.717) is 5.38 Å². The van der Waals surface area contributed by atoms with Gasteiger partial charge in [0.2, 0.25) is 0 Å². The van der Waals surface area contributed by atoms with E-state index in [1.807, 2.05) is 6.07 Å². The van der Waals surface area contributed by atoms with Crippen molar-refractivity contribution < 1.29 is 0 Å². The summed E-state index contributed by atoms with van der Waals surface area (Å²) in [7, 11) is 0. The van der Waals surface area contributed by atoms with Gasteiger partial charge in [-0.15, -0.1) is 22.9 Å². The highest BCUT2D eigenvalue weighted by Gasteiger charge is 2.23. The molecule has 3 heteroatoms. The largest absolute Gasteiger partial charge is 0.147 e. The zero-order valence-electron chi connectivity index (χ0n) is 7.30. The predicted molar refractivity (Wildman–Crippen MR) is 60.0 cm³/mol. The smallest absolute Gasteiger partial charge is 0.0545 e. The van der Waals surface area contributed by atoms with Gasteiger partial charge in [-0.2, -0.15) is 0 Å². The van der Waals surface area contributed by atoms with Crippen LogP contribution in [0.3, 0.4) is 0 Å². The van der Waals surface area contributed by atoms with Crippen molar-refractivity contribution in [3.8, 4) is 0 Å². The third-order valence-electron chi connectivity index (χ3n) is 2.64. The molecule has 2 atom stereocenters.